The van der Waals surface area contributed by atoms with Crippen molar-refractivity contribution in [2.45, 2.75) is 53.1 Å². The highest BCUT2D eigenvalue weighted by Crippen LogP contribution is 2.13. The minimum Gasteiger partial charge on any atom is -0.469 e. The Morgan fingerprint density at radius 2 is 2.17 bits per heavy atom. The Morgan fingerprint density at radius 1 is 1.38 bits per heavy atom. The first-order chi connectivity index (χ1) is 11.1. The van der Waals surface area contributed by atoms with E-state index in [1.807, 2.05) is 26.0 Å². The van der Waals surface area contributed by atoms with Gasteiger partial charge in [0.1, 0.15) is 11.5 Å². The number of furan rings is 1. The normalized spacial score (nSPS) is 12.6. The molecule has 0 aliphatic heterocycles. The summed E-state index contributed by atoms with van der Waals surface area (Å²) in [4.78, 5) is 4.66. The topological polar surface area (TPSA) is 75.6 Å². The highest BCUT2D eigenvalue weighted by Gasteiger charge is 2.09. The second-order valence-corrected chi connectivity index (χ2v) is 5.68. The third-order valence-corrected chi connectivity index (χ3v) is 3.82. The van der Waals surface area contributed by atoms with Gasteiger partial charge >= 0.3 is 0 Å². The van der Waals surface area contributed by atoms with E-state index in [1.54, 1.807) is 6.26 Å². The molecule has 0 amide bonds. The predicted octanol–water partition coefficient (Wildman–Crippen LogP) is 3.58. The van der Waals surface area contributed by atoms with Gasteiger partial charge in [-0.15, -0.1) is 24.0 Å². The van der Waals surface area contributed by atoms with Crippen LogP contribution in [0.4, 0.5) is 0 Å². The number of rotatable bonds is 7. The first-order valence-electron chi connectivity index (χ1n) is 8.09. The molecule has 0 spiro atoms. The second-order valence-electron chi connectivity index (χ2n) is 5.68. The first-order valence-corrected chi connectivity index (χ1v) is 8.09. The third-order valence-electron chi connectivity index (χ3n) is 3.82. The standard InChI is InChI=1S/C17H26N4O2.HI/c1-5-12(2)20-17(18-9-8-15-7-6-10-22-15)19-11-16-13(3)21-23-14(16)4;/h6-7,10,12H,5,8-9,11H2,1-4H3,(H2,18,19,20);1H. The van der Waals surface area contributed by atoms with Gasteiger partial charge in [-0.25, -0.2) is 4.99 Å². The van der Waals surface area contributed by atoms with Crippen molar-refractivity contribution in [1.29, 1.82) is 0 Å². The van der Waals surface area contributed by atoms with Crippen LogP contribution >= 0.6 is 24.0 Å². The van der Waals surface area contributed by atoms with Crippen molar-refractivity contribution in [3.05, 3.63) is 41.2 Å². The van der Waals surface area contributed by atoms with Gasteiger partial charge in [0.2, 0.25) is 0 Å². The number of nitrogens with one attached hydrogen (secondary N) is 2. The molecule has 1 atom stereocenters. The van der Waals surface area contributed by atoms with Crippen LogP contribution in [0.5, 0.6) is 0 Å². The molecule has 7 heteroatoms. The molecule has 2 rings (SSSR count). The minimum absolute atomic E-state index is 0. The fraction of sp³-hybridized carbons (Fsp3) is 0.529. The molecule has 0 radical (unpaired) electrons. The summed E-state index contributed by atoms with van der Waals surface area (Å²) in [5.74, 6) is 2.58. The Kier molecular flexibility index (Phi) is 8.88. The smallest absolute Gasteiger partial charge is 0.191 e. The van der Waals surface area contributed by atoms with Crippen LogP contribution in [0.15, 0.2) is 32.3 Å². The number of halogens is 1. The minimum atomic E-state index is 0. The number of aromatic nitrogens is 1. The zero-order chi connectivity index (χ0) is 16.7. The van der Waals surface area contributed by atoms with E-state index in [0.29, 0.717) is 12.6 Å². The van der Waals surface area contributed by atoms with Gasteiger partial charge in [-0.1, -0.05) is 12.1 Å². The lowest BCUT2D eigenvalue weighted by Crippen LogP contribution is -2.42. The summed E-state index contributed by atoms with van der Waals surface area (Å²) >= 11 is 0. The monoisotopic (exact) mass is 446 g/mol. The molecule has 6 nitrogen and oxygen atoms in total. The van der Waals surface area contributed by atoms with Crippen molar-refractivity contribution < 1.29 is 8.94 Å². The van der Waals surface area contributed by atoms with Crippen LogP contribution in [-0.2, 0) is 13.0 Å². The fourth-order valence-corrected chi connectivity index (χ4v) is 2.13. The molecule has 0 bridgehead atoms. The summed E-state index contributed by atoms with van der Waals surface area (Å²) in [5, 5.41) is 10.7. The van der Waals surface area contributed by atoms with E-state index in [1.165, 1.54) is 0 Å². The molecule has 2 heterocycles. The molecule has 0 fully saturated rings. The molecule has 0 aliphatic rings. The maximum atomic E-state index is 5.35. The molecule has 134 valence electrons. The molecule has 0 aromatic carbocycles. The van der Waals surface area contributed by atoms with Gasteiger partial charge in [-0.2, -0.15) is 0 Å². The van der Waals surface area contributed by atoms with Crippen LogP contribution in [0.2, 0.25) is 0 Å². The molecule has 2 aromatic heterocycles. The van der Waals surface area contributed by atoms with Crippen molar-refractivity contribution in [2.24, 2.45) is 4.99 Å². The summed E-state index contributed by atoms with van der Waals surface area (Å²) in [5.41, 5.74) is 1.94. The Labute approximate surface area is 160 Å². The van der Waals surface area contributed by atoms with Crippen LogP contribution in [-0.4, -0.2) is 23.7 Å². The Bertz CT molecular complexity index is 603. The van der Waals surface area contributed by atoms with Crippen molar-refractivity contribution in [1.82, 2.24) is 15.8 Å². The zero-order valence-electron chi connectivity index (χ0n) is 14.8. The van der Waals surface area contributed by atoms with E-state index in [0.717, 1.165) is 48.1 Å². The molecule has 0 aliphatic carbocycles. The van der Waals surface area contributed by atoms with Crippen LogP contribution in [0.1, 0.15) is 43.0 Å². The van der Waals surface area contributed by atoms with E-state index in [2.05, 4.69) is 34.6 Å². The fourth-order valence-electron chi connectivity index (χ4n) is 2.13. The number of guanidine groups is 1. The highest BCUT2D eigenvalue weighted by molar-refractivity contribution is 14.0. The summed E-state index contributed by atoms with van der Waals surface area (Å²) in [6, 6.07) is 4.23. The van der Waals surface area contributed by atoms with Crippen LogP contribution in [0.3, 0.4) is 0 Å². The average molecular weight is 446 g/mol. The van der Waals surface area contributed by atoms with Crippen molar-refractivity contribution in [3.8, 4) is 0 Å². The molecule has 2 N–H and O–H groups in total. The maximum Gasteiger partial charge on any atom is 0.191 e. The summed E-state index contributed by atoms with van der Waals surface area (Å²) < 4.78 is 10.5. The van der Waals surface area contributed by atoms with Crippen LogP contribution < -0.4 is 10.6 Å². The lowest BCUT2D eigenvalue weighted by Gasteiger charge is -2.16. The van der Waals surface area contributed by atoms with Crippen LogP contribution in [0, 0.1) is 13.8 Å². The van der Waals surface area contributed by atoms with Gasteiger partial charge < -0.3 is 19.6 Å². The number of aliphatic imine (C=N–C) groups is 1. The molecule has 24 heavy (non-hydrogen) atoms. The number of hydrogen-bond acceptors (Lipinski definition) is 4. The van der Waals surface area contributed by atoms with Crippen molar-refractivity contribution in [3.63, 3.8) is 0 Å². The van der Waals surface area contributed by atoms with Crippen LogP contribution in [0.25, 0.3) is 0 Å². The van der Waals surface area contributed by atoms with Gasteiger partial charge in [-0.3, -0.25) is 0 Å². The van der Waals surface area contributed by atoms with Crippen molar-refractivity contribution >= 4 is 29.9 Å². The number of nitrogens with zero attached hydrogens (tertiary/aromatic N) is 2. The number of hydrogen-bond donors (Lipinski definition) is 2. The van der Waals surface area contributed by atoms with Gasteiger partial charge in [0.15, 0.2) is 5.96 Å². The maximum absolute atomic E-state index is 5.35. The molecule has 0 saturated carbocycles. The SMILES string of the molecule is CCC(C)NC(=NCc1c(C)noc1C)NCCc1ccco1.I. The lowest BCUT2D eigenvalue weighted by atomic mass is 10.2. The summed E-state index contributed by atoms with van der Waals surface area (Å²) in [6.45, 7) is 9.45. The van der Waals surface area contributed by atoms with E-state index in [-0.39, 0.29) is 24.0 Å². The second kappa shape index (κ2) is 10.4. The van der Waals surface area contributed by atoms with E-state index >= 15 is 0 Å². The molecule has 1 unspecified atom stereocenters. The summed E-state index contributed by atoms with van der Waals surface area (Å²) in [7, 11) is 0. The average Bonchev–Trinajstić information content (AvgIpc) is 3.15. The van der Waals surface area contributed by atoms with Gasteiger partial charge in [0.05, 0.1) is 18.5 Å². The van der Waals surface area contributed by atoms with Gasteiger partial charge in [0, 0.05) is 24.6 Å². The van der Waals surface area contributed by atoms with E-state index in [4.69, 9.17) is 8.94 Å². The lowest BCUT2D eigenvalue weighted by molar-refractivity contribution is 0.392. The van der Waals surface area contributed by atoms with Gasteiger partial charge in [-0.05, 0) is 39.3 Å². The van der Waals surface area contributed by atoms with Crippen molar-refractivity contribution in [2.75, 3.05) is 6.54 Å². The van der Waals surface area contributed by atoms with E-state index < -0.39 is 0 Å². The quantitative estimate of drug-likeness (QED) is 0.387. The predicted molar refractivity (Wildman–Crippen MR) is 106 cm³/mol. The Morgan fingerprint density at radius 3 is 2.75 bits per heavy atom. The highest BCUT2D eigenvalue weighted by atomic mass is 127. The van der Waals surface area contributed by atoms with Gasteiger partial charge in [0.25, 0.3) is 0 Å². The zero-order valence-corrected chi connectivity index (χ0v) is 17.1. The van der Waals surface area contributed by atoms with E-state index in [9.17, 15) is 0 Å². The molecular formula is C17H27IN4O2. The Hall–Kier alpha value is -1.51. The Balaban J connectivity index is 0.00000288. The molecular weight excluding hydrogens is 419 g/mol. The molecule has 2 aromatic rings. The number of aryl methyl sites for hydroxylation is 2. The largest absolute Gasteiger partial charge is 0.469 e. The molecule has 0 saturated heterocycles. The third kappa shape index (κ3) is 6.18. The summed E-state index contributed by atoms with van der Waals surface area (Å²) in [6.07, 6.45) is 3.54. The first kappa shape index (κ1) is 20.5.